The van der Waals surface area contributed by atoms with Crippen molar-refractivity contribution >= 4 is 11.5 Å². The topological polar surface area (TPSA) is 37.8 Å². The number of alkyl halides is 3. The van der Waals surface area contributed by atoms with Crippen molar-refractivity contribution in [2.24, 2.45) is 0 Å². The fraction of sp³-hybridized carbons (Fsp3) is 0.0909. The Hall–Kier alpha value is -2.11. The zero-order chi connectivity index (χ0) is 12.3. The highest BCUT2D eigenvalue weighted by molar-refractivity contribution is 5.54. The summed E-state index contributed by atoms with van der Waals surface area (Å²) < 4.78 is 36.8. The van der Waals surface area contributed by atoms with Crippen molar-refractivity contribution in [3.63, 3.8) is 0 Å². The van der Waals surface area contributed by atoms with Gasteiger partial charge in [0.15, 0.2) is 0 Å². The smallest absolute Gasteiger partial charge is 0.339 e. The number of aromatic nitrogens is 2. The molecule has 0 bridgehead atoms. The molecule has 2 rings (SSSR count). The molecule has 2 aromatic rings. The first-order chi connectivity index (χ1) is 8.05. The Morgan fingerprint density at radius 2 is 1.88 bits per heavy atom. The van der Waals surface area contributed by atoms with Crippen LogP contribution in [0.4, 0.5) is 24.7 Å². The molecule has 0 saturated carbocycles. The standard InChI is InChI=1S/C11H8F3N3/c12-11(13,14)8-3-4-10(16-6-8)17-9-2-1-5-15-7-9/h1-7H,(H,16,17). The van der Waals surface area contributed by atoms with Gasteiger partial charge in [-0.25, -0.2) is 4.98 Å². The van der Waals surface area contributed by atoms with E-state index in [4.69, 9.17) is 0 Å². The molecule has 2 heterocycles. The van der Waals surface area contributed by atoms with E-state index in [1.54, 1.807) is 24.5 Å². The third-order valence-electron chi connectivity index (χ3n) is 2.02. The van der Waals surface area contributed by atoms with E-state index in [-0.39, 0.29) is 0 Å². The second kappa shape index (κ2) is 4.40. The van der Waals surface area contributed by atoms with Crippen molar-refractivity contribution in [3.05, 3.63) is 48.4 Å². The van der Waals surface area contributed by atoms with Gasteiger partial charge in [0.25, 0.3) is 0 Å². The SMILES string of the molecule is FC(F)(F)c1ccc(Nc2cccnc2)nc1. The predicted molar refractivity (Wildman–Crippen MR) is 56.8 cm³/mol. The van der Waals surface area contributed by atoms with Crippen LogP contribution in [0.25, 0.3) is 0 Å². The van der Waals surface area contributed by atoms with Crippen LogP contribution in [-0.2, 0) is 6.18 Å². The van der Waals surface area contributed by atoms with E-state index >= 15 is 0 Å². The van der Waals surface area contributed by atoms with E-state index in [9.17, 15) is 13.2 Å². The normalized spacial score (nSPS) is 11.2. The molecule has 1 N–H and O–H groups in total. The Labute approximate surface area is 95.3 Å². The monoisotopic (exact) mass is 239 g/mol. The Balaban J connectivity index is 2.14. The van der Waals surface area contributed by atoms with Crippen LogP contribution >= 0.6 is 0 Å². The lowest BCUT2D eigenvalue weighted by Crippen LogP contribution is -2.05. The minimum Gasteiger partial charge on any atom is -0.339 e. The molecule has 0 unspecified atom stereocenters. The van der Waals surface area contributed by atoms with Crippen LogP contribution in [0.15, 0.2) is 42.9 Å². The lowest BCUT2D eigenvalue weighted by Gasteiger charge is -2.08. The summed E-state index contributed by atoms with van der Waals surface area (Å²) in [5.74, 6) is 0.339. The summed E-state index contributed by atoms with van der Waals surface area (Å²) in [7, 11) is 0. The molecule has 0 atom stereocenters. The molecule has 0 aliphatic rings. The van der Waals surface area contributed by atoms with Crippen molar-refractivity contribution in [2.75, 3.05) is 5.32 Å². The molecule has 0 radical (unpaired) electrons. The fourth-order valence-electron chi connectivity index (χ4n) is 1.22. The first-order valence-corrected chi connectivity index (χ1v) is 4.76. The molecule has 0 aromatic carbocycles. The van der Waals surface area contributed by atoms with Crippen LogP contribution in [-0.4, -0.2) is 9.97 Å². The summed E-state index contributed by atoms with van der Waals surface area (Å²) in [6.45, 7) is 0. The molecule has 0 saturated heterocycles. The van der Waals surface area contributed by atoms with Crippen molar-refractivity contribution in [1.82, 2.24) is 9.97 Å². The van der Waals surface area contributed by atoms with Gasteiger partial charge in [-0.05, 0) is 24.3 Å². The van der Waals surface area contributed by atoms with Gasteiger partial charge in [0.1, 0.15) is 5.82 Å². The molecular formula is C11H8F3N3. The molecule has 0 aliphatic carbocycles. The largest absolute Gasteiger partial charge is 0.417 e. The summed E-state index contributed by atoms with van der Waals surface area (Å²) in [5, 5.41) is 2.84. The highest BCUT2D eigenvalue weighted by Crippen LogP contribution is 2.29. The second-order valence-corrected chi connectivity index (χ2v) is 3.30. The number of nitrogens with zero attached hydrogens (tertiary/aromatic N) is 2. The highest BCUT2D eigenvalue weighted by Gasteiger charge is 2.30. The molecule has 88 valence electrons. The third kappa shape index (κ3) is 2.93. The molecule has 0 spiro atoms. The average molecular weight is 239 g/mol. The molecular weight excluding hydrogens is 231 g/mol. The second-order valence-electron chi connectivity index (χ2n) is 3.30. The van der Waals surface area contributed by atoms with Gasteiger partial charge < -0.3 is 5.32 Å². The maximum Gasteiger partial charge on any atom is 0.417 e. The van der Waals surface area contributed by atoms with Crippen LogP contribution in [0.1, 0.15) is 5.56 Å². The van der Waals surface area contributed by atoms with Gasteiger partial charge in [0.2, 0.25) is 0 Å². The number of hydrogen-bond acceptors (Lipinski definition) is 3. The Morgan fingerprint density at radius 3 is 2.41 bits per heavy atom. The average Bonchev–Trinajstić information content (AvgIpc) is 2.30. The number of anilines is 2. The van der Waals surface area contributed by atoms with Crippen LogP contribution < -0.4 is 5.32 Å². The van der Waals surface area contributed by atoms with Crippen LogP contribution in [0.3, 0.4) is 0 Å². The van der Waals surface area contributed by atoms with Crippen LogP contribution in [0.5, 0.6) is 0 Å². The summed E-state index contributed by atoms with van der Waals surface area (Å²) >= 11 is 0. The lowest BCUT2D eigenvalue weighted by atomic mass is 10.3. The van der Waals surface area contributed by atoms with Gasteiger partial charge in [-0.1, -0.05) is 0 Å². The summed E-state index contributed by atoms with van der Waals surface area (Å²) in [6.07, 6.45) is -0.413. The maximum atomic E-state index is 12.3. The zero-order valence-electron chi connectivity index (χ0n) is 8.57. The van der Waals surface area contributed by atoms with Gasteiger partial charge in [-0.2, -0.15) is 13.2 Å². The maximum absolute atomic E-state index is 12.3. The quantitative estimate of drug-likeness (QED) is 0.874. The number of rotatable bonds is 2. The predicted octanol–water partition coefficient (Wildman–Crippen LogP) is 3.24. The van der Waals surface area contributed by atoms with Gasteiger partial charge in [-0.3, -0.25) is 4.98 Å². The van der Waals surface area contributed by atoms with E-state index in [0.29, 0.717) is 11.5 Å². The fourth-order valence-corrected chi connectivity index (χ4v) is 1.22. The van der Waals surface area contributed by atoms with Crippen LogP contribution in [0.2, 0.25) is 0 Å². The van der Waals surface area contributed by atoms with Gasteiger partial charge >= 0.3 is 6.18 Å². The summed E-state index contributed by atoms with van der Waals surface area (Å²) in [4.78, 5) is 7.55. The van der Waals surface area contributed by atoms with Crippen molar-refractivity contribution < 1.29 is 13.2 Å². The number of nitrogens with one attached hydrogen (secondary N) is 1. The van der Waals surface area contributed by atoms with Crippen molar-refractivity contribution in [2.45, 2.75) is 6.18 Å². The zero-order valence-corrected chi connectivity index (χ0v) is 8.57. The summed E-state index contributed by atoms with van der Waals surface area (Å²) in [5.41, 5.74) is -0.103. The van der Waals surface area contributed by atoms with E-state index in [1.165, 1.54) is 6.07 Å². The van der Waals surface area contributed by atoms with Crippen LogP contribution in [0, 0.1) is 0 Å². The molecule has 17 heavy (non-hydrogen) atoms. The number of halogens is 3. The molecule has 0 fully saturated rings. The van der Waals surface area contributed by atoms with E-state index in [2.05, 4.69) is 15.3 Å². The first-order valence-electron chi connectivity index (χ1n) is 4.76. The van der Waals surface area contributed by atoms with E-state index < -0.39 is 11.7 Å². The highest BCUT2D eigenvalue weighted by atomic mass is 19.4. The minimum absolute atomic E-state index is 0.339. The van der Waals surface area contributed by atoms with Gasteiger partial charge in [-0.15, -0.1) is 0 Å². The number of hydrogen-bond donors (Lipinski definition) is 1. The molecule has 0 amide bonds. The number of pyridine rings is 2. The Morgan fingerprint density at radius 1 is 1.06 bits per heavy atom. The molecule has 3 nitrogen and oxygen atoms in total. The van der Waals surface area contributed by atoms with E-state index in [0.717, 1.165) is 12.3 Å². The minimum atomic E-state index is -4.36. The Kier molecular flexibility index (Phi) is 2.95. The molecule has 6 heteroatoms. The van der Waals surface area contributed by atoms with Gasteiger partial charge in [0, 0.05) is 12.4 Å². The summed E-state index contributed by atoms with van der Waals surface area (Å²) in [6, 6.07) is 5.71. The molecule has 0 aliphatic heterocycles. The first kappa shape index (κ1) is 11.4. The molecule has 2 aromatic heterocycles. The van der Waals surface area contributed by atoms with E-state index in [1.807, 2.05) is 0 Å². The lowest BCUT2D eigenvalue weighted by molar-refractivity contribution is -0.137. The van der Waals surface area contributed by atoms with Crippen molar-refractivity contribution in [3.8, 4) is 0 Å². The van der Waals surface area contributed by atoms with Gasteiger partial charge in [0.05, 0.1) is 17.4 Å². The van der Waals surface area contributed by atoms with Crippen molar-refractivity contribution in [1.29, 1.82) is 0 Å². The Bertz CT molecular complexity index is 480. The third-order valence-corrected chi connectivity index (χ3v) is 2.02.